The molecule has 2 rings (SSSR count). The van der Waals surface area contributed by atoms with Crippen molar-refractivity contribution < 1.29 is 4.79 Å². The van der Waals surface area contributed by atoms with Crippen LogP contribution in [-0.2, 0) is 6.54 Å². The van der Waals surface area contributed by atoms with Crippen LogP contribution in [0.15, 0.2) is 18.3 Å². The predicted octanol–water partition coefficient (Wildman–Crippen LogP) is 0.0686. The molecular weight excluding hydrogens is 254 g/mol. The van der Waals surface area contributed by atoms with Gasteiger partial charge in [-0.05, 0) is 45.1 Å². The Morgan fingerprint density at radius 1 is 1.60 bits per heavy atom. The summed E-state index contributed by atoms with van der Waals surface area (Å²) in [6.07, 6.45) is 2.83. The van der Waals surface area contributed by atoms with Crippen molar-refractivity contribution in [3.8, 4) is 0 Å². The number of aromatic nitrogens is 1. The molecule has 3 N–H and O–H groups in total. The number of carbonyl (C=O) groups is 1. The minimum Gasteiger partial charge on any atom is -0.306 e. The molecular formula is C14H23N5O. The van der Waals surface area contributed by atoms with Gasteiger partial charge < -0.3 is 9.80 Å². The number of pyridine rings is 1. The van der Waals surface area contributed by atoms with E-state index >= 15 is 0 Å². The van der Waals surface area contributed by atoms with Crippen LogP contribution in [0.3, 0.4) is 0 Å². The molecule has 1 unspecified atom stereocenters. The van der Waals surface area contributed by atoms with Crippen molar-refractivity contribution in [2.24, 2.45) is 11.8 Å². The van der Waals surface area contributed by atoms with Crippen molar-refractivity contribution in [3.05, 3.63) is 29.6 Å². The molecule has 1 aromatic heterocycles. The van der Waals surface area contributed by atoms with Crippen LogP contribution in [0.25, 0.3) is 0 Å². The fraction of sp³-hybridized carbons (Fsp3) is 0.571. The summed E-state index contributed by atoms with van der Waals surface area (Å²) in [5.41, 5.74) is 3.55. The molecule has 20 heavy (non-hydrogen) atoms. The monoisotopic (exact) mass is 277 g/mol. The average Bonchev–Trinajstić information content (AvgIpc) is 2.84. The van der Waals surface area contributed by atoms with E-state index in [9.17, 15) is 4.79 Å². The summed E-state index contributed by atoms with van der Waals surface area (Å²) in [6, 6.07) is 3.63. The fourth-order valence-corrected chi connectivity index (χ4v) is 2.69. The second-order valence-corrected chi connectivity index (χ2v) is 5.63. The van der Waals surface area contributed by atoms with E-state index in [0.29, 0.717) is 5.56 Å². The first-order valence-corrected chi connectivity index (χ1v) is 6.91. The van der Waals surface area contributed by atoms with Gasteiger partial charge in [-0.1, -0.05) is 0 Å². The highest BCUT2D eigenvalue weighted by atomic mass is 16.2. The standard InChI is InChI=1S/C14H23N5O/c1-18-6-5-11(8-18)9-19(2)10-13-4-3-12(7-16-13)14(20)17-15/h3-4,7,11H,5-6,8-10,15H2,1-2H3,(H,17,20). The lowest BCUT2D eigenvalue weighted by molar-refractivity contribution is 0.0953. The van der Waals surface area contributed by atoms with Crippen LogP contribution in [-0.4, -0.2) is 54.4 Å². The Hall–Kier alpha value is -1.50. The van der Waals surface area contributed by atoms with Crippen molar-refractivity contribution in [3.63, 3.8) is 0 Å². The number of nitrogens with one attached hydrogen (secondary N) is 1. The van der Waals surface area contributed by atoms with E-state index in [1.54, 1.807) is 12.3 Å². The molecule has 0 saturated carbocycles. The molecule has 6 nitrogen and oxygen atoms in total. The Morgan fingerprint density at radius 3 is 2.95 bits per heavy atom. The van der Waals surface area contributed by atoms with Crippen molar-refractivity contribution in [1.29, 1.82) is 0 Å². The normalized spacial score (nSPS) is 19.5. The highest BCUT2D eigenvalue weighted by Gasteiger charge is 2.20. The number of hydrogen-bond donors (Lipinski definition) is 2. The van der Waals surface area contributed by atoms with E-state index in [1.165, 1.54) is 19.5 Å². The van der Waals surface area contributed by atoms with Gasteiger partial charge in [-0.2, -0.15) is 0 Å². The summed E-state index contributed by atoms with van der Waals surface area (Å²) in [6.45, 7) is 4.24. The molecule has 1 aliphatic heterocycles. The first-order chi connectivity index (χ1) is 9.58. The molecule has 1 aliphatic rings. The zero-order valence-electron chi connectivity index (χ0n) is 12.2. The van der Waals surface area contributed by atoms with Crippen LogP contribution in [0, 0.1) is 5.92 Å². The second kappa shape index (κ2) is 6.78. The molecule has 0 aliphatic carbocycles. The highest BCUT2D eigenvalue weighted by Crippen LogP contribution is 2.15. The average molecular weight is 277 g/mol. The van der Waals surface area contributed by atoms with Gasteiger partial charge >= 0.3 is 0 Å². The molecule has 1 fully saturated rings. The molecule has 0 spiro atoms. The Morgan fingerprint density at radius 2 is 2.40 bits per heavy atom. The first-order valence-electron chi connectivity index (χ1n) is 6.91. The lowest BCUT2D eigenvalue weighted by Crippen LogP contribution is -2.30. The number of nitrogens with two attached hydrogens (primary N) is 1. The van der Waals surface area contributed by atoms with Crippen LogP contribution >= 0.6 is 0 Å². The Labute approximate surface area is 119 Å². The number of nitrogens with zero attached hydrogens (tertiary/aromatic N) is 3. The molecule has 2 heterocycles. The minimum atomic E-state index is -0.314. The van der Waals surface area contributed by atoms with Gasteiger partial charge in [-0.3, -0.25) is 15.2 Å². The molecule has 1 amide bonds. The maximum absolute atomic E-state index is 11.3. The van der Waals surface area contributed by atoms with E-state index in [-0.39, 0.29) is 5.91 Å². The summed E-state index contributed by atoms with van der Waals surface area (Å²) in [5, 5.41) is 0. The van der Waals surface area contributed by atoms with Crippen LogP contribution in [0.5, 0.6) is 0 Å². The van der Waals surface area contributed by atoms with Gasteiger partial charge in [0.2, 0.25) is 0 Å². The van der Waals surface area contributed by atoms with Crippen LogP contribution in [0.2, 0.25) is 0 Å². The molecule has 0 radical (unpaired) electrons. The van der Waals surface area contributed by atoms with Crippen molar-refractivity contribution in [2.45, 2.75) is 13.0 Å². The zero-order valence-corrected chi connectivity index (χ0v) is 12.2. The Kier molecular flexibility index (Phi) is 5.05. The topological polar surface area (TPSA) is 74.5 Å². The van der Waals surface area contributed by atoms with Crippen molar-refractivity contribution in [2.75, 3.05) is 33.7 Å². The van der Waals surface area contributed by atoms with E-state index < -0.39 is 0 Å². The highest BCUT2D eigenvalue weighted by molar-refractivity contribution is 5.93. The summed E-state index contributed by atoms with van der Waals surface area (Å²) in [5.74, 6) is 5.52. The number of nitrogen functional groups attached to an aromatic ring is 1. The van der Waals surface area contributed by atoms with E-state index in [4.69, 9.17) is 5.84 Å². The summed E-state index contributed by atoms with van der Waals surface area (Å²) >= 11 is 0. The predicted molar refractivity (Wildman–Crippen MR) is 77.8 cm³/mol. The zero-order chi connectivity index (χ0) is 14.5. The second-order valence-electron chi connectivity index (χ2n) is 5.63. The van der Waals surface area contributed by atoms with Gasteiger partial charge in [-0.25, -0.2) is 5.84 Å². The van der Waals surface area contributed by atoms with Gasteiger partial charge in [0.25, 0.3) is 5.91 Å². The molecule has 0 aromatic carbocycles. The van der Waals surface area contributed by atoms with E-state index in [0.717, 1.165) is 24.7 Å². The quantitative estimate of drug-likeness (QED) is 0.452. The third-order valence-electron chi connectivity index (χ3n) is 3.71. The Bertz CT molecular complexity index is 447. The number of amides is 1. The van der Waals surface area contributed by atoms with Crippen molar-refractivity contribution in [1.82, 2.24) is 20.2 Å². The smallest absolute Gasteiger partial charge is 0.266 e. The van der Waals surface area contributed by atoms with Crippen LogP contribution in [0.4, 0.5) is 0 Å². The minimum absolute atomic E-state index is 0.314. The van der Waals surface area contributed by atoms with Crippen LogP contribution < -0.4 is 11.3 Å². The summed E-state index contributed by atoms with van der Waals surface area (Å²) in [4.78, 5) is 20.3. The maximum Gasteiger partial charge on any atom is 0.266 e. The molecule has 6 heteroatoms. The summed E-state index contributed by atoms with van der Waals surface area (Å²) < 4.78 is 0. The third kappa shape index (κ3) is 4.00. The maximum atomic E-state index is 11.3. The molecule has 1 aromatic rings. The van der Waals surface area contributed by atoms with Crippen LogP contribution in [0.1, 0.15) is 22.5 Å². The molecule has 1 saturated heterocycles. The Balaban J connectivity index is 1.84. The number of carbonyl (C=O) groups excluding carboxylic acids is 1. The van der Waals surface area contributed by atoms with E-state index in [2.05, 4.69) is 34.3 Å². The van der Waals surface area contributed by atoms with Gasteiger partial charge in [0.1, 0.15) is 0 Å². The van der Waals surface area contributed by atoms with Gasteiger partial charge in [0.05, 0.1) is 11.3 Å². The molecule has 0 bridgehead atoms. The SMILES string of the molecule is CN1CCC(CN(C)Cc2ccc(C(=O)NN)cn2)C1. The van der Waals surface area contributed by atoms with Crippen molar-refractivity contribution >= 4 is 5.91 Å². The largest absolute Gasteiger partial charge is 0.306 e. The number of hydrogen-bond acceptors (Lipinski definition) is 5. The molecule has 1 atom stereocenters. The molecule has 110 valence electrons. The first kappa shape index (κ1) is 14.9. The lowest BCUT2D eigenvalue weighted by atomic mass is 10.1. The van der Waals surface area contributed by atoms with Gasteiger partial charge in [-0.15, -0.1) is 0 Å². The number of rotatable bonds is 5. The van der Waals surface area contributed by atoms with E-state index in [1.807, 2.05) is 6.07 Å². The van der Waals surface area contributed by atoms with Gasteiger partial charge in [0, 0.05) is 25.8 Å². The fourth-order valence-electron chi connectivity index (χ4n) is 2.69. The number of likely N-dealkylation sites (tertiary alicyclic amines) is 1. The van der Waals surface area contributed by atoms with Gasteiger partial charge in [0.15, 0.2) is 0 Å². The number of hydrazine groups is 1. The third-order valence-corrected chi connectivity index (χ3v) is 3.71. The summed E-state index contributed by atoms with van der Waals surface area (Å²) in [7, 11) is 4.28. The lowest BCUT2D eigenvalue weighted by Gasteiger charge is -2.20.